The highest BCUT2D eigenvalue weighted by atomic mass is 19.1. The fraction of sp³-hybridized carbons (Fsp3) is 0.636. The van der Waals surface area contributed by atoms with Gasteiger partial charge in [0.2, 0.25) is 0 Å². The van der Waals surface area contributed by atoms with E-state index in [1.54, 1.807) is 18.6 Å². The van der Waals surface area contributed by atoms with Crippen LogP contribution < -0.4 is 5.32 Å². The van der Waals surface area contributed by atoms with Crippen molar-refractivity contribution in [1.29, 1.82) is 0 Å². The molecular formula is C11H14FN3. The Balaban J connectivity index is 1.91. The maximum absolute atomic E-state index is 14.7. The van der Waals surface area contributed by atoms with Gasteiger partial charge < -0.3 is 5.32 Å². The summed E-state index contributed by atoms with van der Waals surface area (Å²) in [5.74, 6) is 0. The number of piperidine rings is 1. The molecule has 2 saturated heterocycles. The zero-order valence-corrected chi connectivity index (χ0v) is 8.49. The fourth-order valence-electron chi connectivity index (χ4n) is 2.83. The Hall–Kier alpha value is -1.03. The van der Waals surface area contributed by atoms with Crippen molar-refractivity contribution in [2.75, 3.05) is 0 Å². The maximum Gasteiger partial charge on any atom is 0.157 e. The van der Waals surface area contributed by atoms with Gasteiger partial charge in [0.25, 0.3) is 0 Å². The Labute approximate surface area is 88.1 Å². The van der Waals surface area contributed by atoms with Crippen LogP contribution in [0.4, 0.5) is 4.39 Å². The van der Waals surface area contributed by atoms with Gasteiger partial charge in [-0.1, -0.05) is 0 Å². The largest absolute Gasteiger partial charge is 0.311 e. The molecule has 0 aromatic carbocycles. The van der Waals surface area contributed by atoms with E-state index in [0.717, 1.165) is 12.8 Å². The summed E-state index contributed by atoms with van der Waals surface area (Å²) in [5.41, 5.74) is -0.755. The molecule has 2 atom stereocenters. The van der Waals surface area contributed by atoms with Gasteiger partial charge in [-0.2, -0.15) is 0 Å². The molecule has 2 fully saturated rings. The average Bonchev–Trinajstić information content (AvgIpc) is 2.60. The summed E-state index contributed by atoms with van der Waals surface area (Å²) < 4.78 is 14.7. The Morgan fingerprint density at radius 3 is 2.60 bits per heavy atom. The third-order valence-electron chi connectivity index (χ3n) is 3.50. The van der Waals surface area contributed by atoms with E-state index in [9.17, 15) is 4.39 Å². The summed E-state index contributed by atoms with van der Waals surface area (Å²) in [6.07, 6.45) is 7.99. The minimum absolute atomic E-state index is 0.329. The number of aromatic nitrogens is 2. The molecule has 3 nitrogen and oxygen atoms in total. The van der Waals surface area contributed by atoms with E-state index in [1.807, 2.05) is 0 Å². The minimum atomic E-state index is -1.26. The first-order valence-corrected chi connectivity index (χ1v) is 5.48. The molecule has 80 valence electrons. The topological polar surface area (TPSA) is 37.8 Å². The predicted molar refractivity (Wildman–Crippen MR) is 54.0 cm³/mol. The lowest BCUT2D eigenvalue weighted by atomic mass is 9.86. The third kappa shape index (κ3) is 1.53. The first-order valence-electron chi connectivity index (χ1n) is 5.48. The van der Waals surface area contributed by atoms with Crippen molar-refractivity contribution in [3.8, 4) is 0 Å². The van der Waals surface area contributed by atoms with Crippen molar-refractivity contribution in [2.24, 2.45) is 0 Å². The van der Waals surface area contributed by atoms with E-state index in [4.69, 9.17) is 0 Å². The number of rotatable bonds is 1. The molecule has 0 radical (unpaired) electrons. The smallest absolute Gasteiger partial charge is 0.157 e. The van der Waals surface area contributed by atoms with Gasteiger partial charge in [0.05, 0.1) is 11.9 Å². The van der Waals surface area contributed by atoms with Gasteiger partial charge in [-0.15, -0.1) is 0 Å². The van der Waals surface area contributed by atoms with Gasteiger partial charge in [0, 0.05) is 37.3 Å². The van der Waals surface area contributed by atoms with E-state index in [1.165, 1.54) is 0 Å². The average molecular weight is 207 g/mol. The summed E-state index contributed by atoms with van der Waals surface area (Å²) in [6, 6.07) is 0.659. The van der Waals surface area contributed by atoms with Crippen LogP contribution in [0.15, 0.2) is 18.6 Å². The molecule has 0 amide bonds. The molecule has 0 aliphatic carbocycles. The van der Waals surface area contributed by atoms with Gasteiger partial charge in [-0.05, 0) is 12.8 Å². The molecular weight excluding hydrogens is 193 g/mol. The lowest BCUT2D eigenvalue weighted by Crippen LogP contribution is -2.44. The second-order valence-electron chi connectivity index (χ2n) is 4.60. The molecule has 0 spiro atoms. The summed E-state index contributed by atoms with van der Waals surface area (Å²) >= 11 is 0. The van der Waals surface area contributed by atoms with Crippen LogP contribution in [0.25, 0.3) is 0 Å². The van der Waals surface area contributed by atoms with E-state index in [-0.39, 0.29) is 0 Å². The lowest BCUT2D eigenvalue weighted by Gasteiger charge is -2.34. The SMILES string of the molecule is FC1(c2cnccn2)CC2CCC(C1)N2. The van der Waals surface area contributed by atoms with Crippen LogP contribution in [-0.2, 0) is 5.67 Å². The summed E-state index contributed by atoms with van der Waals surface area (Å²) in [4.78, 5) is 8.06. The van der Waals surface area contributed by atoms with Crippen LogP contribution in [0.3, 0.4) is 0 Å². The van der Waals surface area contributed by atoms with Gasteiger partial charge >= 0.3 is 0 Å². The van der Waals surface area contributed by atoms with Crippen molar-refractivity contribution >= 4 is 0 Å². The molecule has 1 aromatic heterocycles. The van der Waals surface area contributed by atoms with Gasteiger partial charge in [0.15, 0.2) is 5.67 Å². The van der Waals surface area contributed by atoms with E-state index in [0.29, 0.717) is 30.6 Å². The van der Waals surface area contributed by atoms with Crippen molar-refractivity contribution in [3.63, 3.8) is 0 Å². The molecule has 1 aromatic rings. The molecule has 3 rings (SSSR count). The number of hydrogen-bond donors (Lipinski definition) is 1. The Bertz CT molecular complexity index is 342. The number of halogens is 1. The number of fused-ring (bicyclic) bond motifs is 2. The van der Waals surface area contributed by atoms with Crippen molar-refractivity contribution < 1.29 is 4.39 Å². The van der Waals surface area contributed by atoms with Gasteiger partial charge in [-0.3, -0.25) is 9.97 Å². The van der Waals surface area contributed by atoms with Crippen molar-refractivity contribution in [2.45, 2.75) is 43.4 Å². The normalized spacial score (nSPS) is 39.3. The van der Waals surface area contributed by atoms with Crippen LogP contribution in [0, 0.1) is 0 Å². The van der Waals surface area contributed by atoms with Crippen LogP contribution in [0.2, 0.25) is 0 Å². The molecule has 2 bridgehead atoms. The Morgan fingerprint density at radius 2 is 2.00 bits per heavy atom. The second kappa shape index (κ2) is 3.23. The lowest BCUT2D eigenvalue weighted by molar-refractivity contribution is 0.0822. The number of hydrogen-bond acceptors (Lipinski definition) is 3. The summed E-state index contributed by atoms with van der Waals surface area (Å²) in [6.45, 7) is 0. The molecule has 4 heteroatoms. The quantitative estimate of drug-likeness (QED) is 0.759. The minimum Gasteiger partial charge on any atom is -0.311 e. The monoisotopic (exact) mass is 207 g/mol. The molecule has 2 aliphatic rings. The zero-order valence-electron chi connectivity index (χ0n) is 8.49. The van der Waals surface area contributed by atoms with Crippen LogP contribution in [0.5, 0.6) is 0 Å². The van der Waals surface area contributed by atoms with Gasteiger partial charge in [-0.25, -0.2) is 4.39 Å². The van der Waals surface area contributed by atoms with E-state index in [2.05, 4.69) is 15.3 Å². The zero-order chi connectivity index (χ0) is 10.3. The van der Waals surface area contributed by atoms with Crippen LogP contribution >= 0.6 is 0 Å². The number of nitrogens with one attached hydrogen (secondary N) is 1. The first-order chi connectivity index (χ1) is 7.26. The van der Waals surface area contributed by atoms with Crippen LogP contribution in [0.1, 0.15) is 31.4 Å². The van der Waals surface area contributed by atoms with Crippen molar-refractivity contribution in [1.82, 2.24) is 15.3 Å². The van der Waals surface area contributed by atoms with Gasteiger partial charge in [0.1, 0.15) is 0 Å². The third-order valence-corrected chi connectivity index (χ3v) is 3.50. The molecule has 0 saturated carbocycles. The standard InChI is InChI=1S/C11H14FN3/c12-11(10-7-13-3-4-14-10)5-8-1-2-9(6-11)15-8/h3-4,7-9,15H,1-2,5-6H2. The number of alkyl halides is 1. The molecule has 15 heavy (non-hydrogen) atoms. The second-order valence-corrected chi connectivity index (χ2v) is 4.60. The predicted octanol–water partition coefficient (Wildman–Crippen LogP) is 1.56. The molecule has 2 unspecified atom stereocenters. The Morgan fingerprint density at radius 1 is 1.27 bits per heavy atom. The Kier molecular flexibility index (Phi) is 1.99. The molecule has 1 N–H and O–H groups in total. The van der Waals surface area contributed by atoms with E-state index < -0.39 is 5.67 Å². The first kappa shape index (κ1) is 9.21. The van der Waals surface area contributed by atoms with Crippen molar-refractivity contribution in [3.05, 3.63) is 24.3 Å². The fourth-order valence-corrected chi connectivity index (χ4v) is 2.83. The van der Waals surface area contributed by atoms with E-state index >= 15 is 0 Å². The highest BCUT2D eigenvalue weighted by Crippen LogP contribution is 2.42. The van der Waals surface area contributed by atoms with Crippen LogP contribution in [-0.4, -0.2) is 22.1 Å². The summed E-state index contributed by atoms with van der Waals surface area (Å²) in [7, 11) is 0. The maximum atomic E-state index is 14.7. The highest BCUT2D eigenvalue weighted by molar-refractivity contribution is 5.14. The molecule has 3 heterocycles. The number of nitrogens with zero attached hydrogens (tertiary/aromatic N) is 2. The highest BCUT2D eigenvalue weighted by Gasteiger charge is 2.46. The molecule has 2 aliphatic heterocycles. The summed E-state index contributed by atoms with van der Waals surface area (Å²) in [5, 5.41) is 3.43.